The molecule has 3 nitrogen and oxygen atoms in total. The van der Waals surface area contributed by atoms with Crippen molar-refractivity contribution in [2.24, 2.45) is 0 Å². The van der Waals surface area contributed by atoms with Crippen LogP contribution in [0.4, 0.5) is 4.39 Å². The van der Waals surface area contributed by atoms with Crippen LogP contribution >= 0.6 is 0 Å². The number of rotatable bonds is 3. The van der Waals surface area contributed by atoms with Crippen molar-refractivity contribution >= 4 is 9.84 Å². The van der Waals surface area contributed by atoms with E-state index in [0.29, 0.717) is 0 Å². The quantitative estimate of drug-likeness (QED) is 0.865. The molecule has 0 saturated carbocycles. The normalized spacial score (nSPS) is 10.9. The van der Waals surface area contributed by atoms with E-state index in [0.717, 1.165) is 6.07 Å². The molecule has 0 aliphatic heterocycles. The molecule has 0 N–H and O–H groups in total. The van der Waals surface area contributed by atoms with Gasteiger partial charge in [0.25, 0.3) is 0 Å². The molecule has 0 unspecified atom stereocenters. The third-order valence-electron chi connectivity index (χ3n) is 2.62. The fourth-order valence-corrected chi connectivity index (χ4v) is 3.04. The van der Waals surface area contributed by atoms with Gasteiger partial charge in [-0.15, -0.1) is 0 Å². The van der Waals surface area contributed by atoms with E-state index in [4.69, 9.17) is 5.26 Å². The van der Waals surface area contributed by atoms with Crippen LogP contribution in [0.15, 0.2) is 53.4 Å². The SMILES string of the molecule is N#Cc1ccc(F)c(CS(=O)(=O)c2ccccc2)c1. The lowest BCUT2D eigenvalue weighted by Crippen LogP contribution is -2.06. The summed E-state index contributed by atoms with van der Waals surface area (Å²) >= 11 is 0. The first-order valence-corrected chi connectivity index (χ1v) is 7.14. The Morgan fingerprint density at radius 3 is 2.42 bits per heavy atom. The van der Waals surface area contributed by atoms with E-state index in [1.54, 1.807) is 18.2 Å². The molecule has 0 aliphatic carbocycles. The average molecular weight is 275 g/mol. The Kier molecular flexibility index (Phi) is 3.63. The number of halogens is 1. The van der Waals surface area contributed by atoms with Crippen LogP contribution in [-0.4, -0.2) is 8.42 Å². The van der Waals surface area contributed by atoms with Gasteiger partial charge in [0.1, 0.15) is 5.82 Å². The maximum Gasteiger partial charge on any atom is 0.182 e. The number of hydrogen-bond acceptors (Lipinski definition) is 3. The first kappa shape index (κ1) is 13.2. The van der Waals surface area contributed by atoms with Crippen molar-refractivity contribution in [3.8, 4) is 6.07 Å². The van der Waals surface area contributed by atoms with Crippen LogP contribution in [0.25, 0.3) is 0 Å². The summed E-state index contributed by atoms with van der Waals surface area (Å²) in [6.07, 6.45) is 0. The number of sulfone groups is 1. The van der Waals surface area contributed by atoms with E-state index in [-0.39, 0.29) is 16.0 Å². The summed E-state index contributed by atoms with van der Waals surface area (Å²) in [5.74, 6) is -1.09. The zero-order valence-electron chi connectivity index (χ0n) is 9.88. The molecule has 0 atom stereocenters. The highest BCUT2D eigenvalue weighted by Gasteiger charge is 2.17. The predicted octanol–water partition coefficient (Wildman–Crippen LogP) is 2.67. The summed E-state index contributed by atoms with van der Waals surface area (Å²) in [4.78, 5) is 0.136. The van der Waals surface area contributed by atoms with Crippen molar-refractivity contribution in [3.63, 3.8) is 0 Å². The van der Waals surface area contributed by atoms with Gasteiger partial charge in [-0.1, -0.05) is 18.2 Å². The van der Waals surface area contributed by atoms with Gasteiger partial charge in [-0.3, -0.25) is 0 Å². The molecule has 0 aliphatic rings. The molecule has 0 amide bonds. The minimum atomic E-state index is -3.61. The second-order valence-corrected chi connectivity index (χ2v) is 5.98. The first-order chi connectivity index (χ1) is 9.03. The van der Waals surface area contributed by atoms with E-state index >= 15 is 0 Å². The number of hydrogen-bond donors (Lipinski definition) is 0. The number of nitriles is 1. The number of nitrogens with zero attached hydrogens (tertiary/aromatic N) is 1. The van der Waals surface area contributed by atoms with E-state index in [1.165, 1.54) is 24.3 Å². The van der Waals surface area contributed by atoms with Gasteiger partial charge in [0.15, 0.2) is 9.84 Å². The van der Waals surface area contributed by atoms with Crippen LogP contribution in [0.1, 0.15) is 11.1 Å². The van der Waals surface area contributed by atoms with Crippen molar-refractivity contribution in [3.05, 3.63) is 65.5 Å². The van der Waals surface area contributed by atoms with Gasteiger partial charge in [-0.25, -0.2) is 12.8 Å². The molecule has 0 bridgehead atoms. The lowest BCUT2D eigenvalue weighted by atomic mass is 10.1. The standard InChI is InChI=1S/C14H10FNO2S/c15-14-7-6-11(9-16)8-12(14)10-19(17,18)13-4-2-1-3-5-13/h1-8H,10H2. The van der Waals surface area contributed by atoms with Gasteiger partial charge in [-0.05, 0) is 30.3 Å². The van der Waals surface area contributed by atoms with Crippen molar-refractivity contribution in [1.82, 2.24) is 0 Å². The van der Waals surface area contributed by atoms with Crippen molar-refractivity contribution < 1.29 is 12.8 Å². The smallest absolute Gasteiger partial charge is 0.182 e. The Labute approximate surface area is 110 Å². The summed E-state index contributed by atoms with van der Waals surface area (Å²) in [5, 5.41) is 8.75. The largest absolute Gasteiger partial charge is 0.223 e. The number of benzene rings is 2. The van der Waals surface area contributed by atoms with Gasteiger partial charge in [0, 0.05) is 5.56 Å². The molecule has 0 radical (unpaired) electrons. The molecule has 5 heteroatoms. The second kappa shape index (κ2) is 5.21. The van der Waals surface area contributed by atoms with Gasteiger partial charge < -0.3 is 0 Å². The monoisotopic (exact) mass is 275 g/mol. The molecule has 96 valence electrons. The Balaban J connectivity index is 2.39. The third kappa shape index (κ3) is 2.98. The maximum absolute atomic E-state index is 13.6. The van der Waals surface area contributed by atoms with Crippen molar-refractivity contribution in [2.45, 2.75) is 10.6 Å². The fraction of sp³-hybridized carbons (Fsp3) is 0.0714. The zero-order valence-corrected chi connectivity index (χ0v) is 10.7. The minimum Gasteiger partial charge on any atom is -0.223 e. The Morgan fingerprint density at radius 2 is 1.79 bits per heavy atom. The van der Waals surface area contributed by atoms with E-state index < -0.39 is 21.4 Å². The van der Waals surface area contributed by atoms with Crippen LogP contribution in [-0.2, 0) is 15.6 Å². The Morgan fingerprint density at radius 1 is 1.11 bits per heavy atom. The third-order valence-corrected chi connectivity index (χ3v) is 4.30. The Bertz CT molecular complexity index is 734. The highest BCUT2D eigenvalue weighted by atomic mass is 32.2. The van der Waals surface area contributed by atoms with Crippen LogP contribution in [0.5, 0.6) is 0 Å². The molecule has 0 saturated heterocycles. The minimum absolute atomic E-state index is 0.00269. The average Bonchev–Trinajstić information content (AvgIpc) is 2.42. The summed E-state index contributed by atoms with van der Waals surface area (Å²) < 4.78 is 37.8. The lowest BCUT2D eigenvalue weighted by Gasteiger charge is -2.06. The molecular weight excluding hydrogens is 265 g/mol. The molecular formula is C14H10FNO2S. The topological polar surface area (TPSA) is 57.9 Å². The fourth-order valence-electron chi connectivity index (χ4n) is 1.67. The Hall–Kier alpha value is -2.19. The van der Waals surface area contributed by atoms with Crippen LogP contribution < -0.4 is 0 Å². The van der Waals surface area contributed by atoms with Gasteiger partial charge in [-0.2, -0.15) is 5.26 Å². The molecule has 2 aromatic carbocycles. The summed E-state index contributed by atoms with van der Waals surface area (Å²) in [6.45, 7) is 0. The van der Waals surface area contributed by atoms with Gasteiger partial charge in [0.05, 0.1) is 22.3 Å². The van der Waals surface area contributed by atoms with E-state index in [2.05, 4.69) is 0 Å². The van der Waals surface area contributed by atoms with Gasteiger partial charge >= 0.3 is 0 Å². The molecule has 2 aromatic rings. The van der Waals surface area contributed by atoms with Crippen LogP contribution in [0.2, 0.25) is 0 Å². The van der Waals surface area contributed by atoms with Gasteiger partial charge in [0.2, 0.25) is 0 Å². The zero-order chi connectivity index (χ0) is 13.9. The first-order valence-electron chi connectivity index (χ1n) is 5.49. The molecule has 2 rings (SSSR count). The molecule has 0 aromatic heterocycles. The van der Waals surface area contributed by atoms with Crippen LogP contribution in [0.3, 0.4) is 0 Å². The molecule has 0 fully saturated rings. The molecule has 19 heavy (non-hydrogen) atoms. The van der Waals surface area contributed by atoms with Crippen molar-refractivity contribution in [2.75, 3.05) is 0 Å². The predicted molar refractivity (Wildman–Crippen MR) is 68.4 cm³/mol. The summed E-state index contributed by atoms with van der Waals surface area (Å²) in [5.41, 5.74) is 0.238. The van der Waals surface area contributed by atoms with Crippen LogP contribution in [0, 0.1) is 17.1 Å². The summed E-state index contributed by atoms with van der Waals surface area (Å²) in [7, 11) is -3.61. The molecule has 0 spiro atoms. The second-order valence-electron chi connectivity index (χ2n) is 3.99. The van der Waals surface area contributed by atoms with Crippen molar-refractivity contribution in [1.29, 1.82) is 5.26 Å². The highest BCUT2D eigenvalue weighted by Crippen LogP contribution is 2.19. The van der Waals surface area contributed by atoms with E-state index in [9.17, 15) is 12.8 Å². The molecule has 0 heterocycles. The van der Waals surface area contributed by atoms with E-state index in [1.807, 2.05) is 6.07 Å². The lowest BCUT2D eigenvalue weighted by molar-refractivity contribution is 0.587. The maximum atomic E-state index is 13.6. The summed E-state index contributed by atoms with van der Waals surface area (Å²) in [6, 6.07) is 13.4. The highest BCUT2D eigenvalue weighted by molar-refractivity contribution is 7.90.